The van der Waals surface area contributed by atoms with Crippen LogP contribution in [0.25, 0.3) is 0 Å². The number of rotatable bonds is 4. The molecule has 2 heterocycles. The number of hydrogen-bond donors (Lipinski definition) is 1. The van der Waals surface area contributed by atoms with Crippen molar-refractivity contribution < 1.29 is 9.53 Å². The number of anilines is 1. The predicted molar refractivity (Wildman–Crippen MR) is 95.6 cm³/mol. The Morgan fingerprint density at radius 1 is 1.46 bits per heavy atom. The summed E-state index contributed by atoms with van der Waals surface area (Å²) < 4.78 is 5.91. The summed E-state index contributed by atoms with van der Waals surface area (Å²) in [7, 11) is 0. The van der Waals surface area contributed by atoms with Crippen molar-refractivity contribution in [2.45, 2.75) is 52.1 Å². The van der Waals surface area contributed by atoms with Crippen LogP contribution in [0.2, 0.25) is 5.15 Å². The number of amides is 1. The molecule has 1 aromatic rings. The van der Waals surface area contributed by atoms with Crippen LogP contribution < -0.4 is 10.2 Å². The van der Waals surface area contributed by atoms with E-state index >= 15 is 0 Å². The third kappa shape index (κ3) is 4.80. The highest BCUT2D eigenvalue weighted by Crippen LogP contribution is 2.27. The van der Waals surface area contributed by atoms with E-state index in [0.717, 1.165) is 18.2 Å². The molecule has 0 aliphatic carbocycles. The second kappa shape index (κ2) is 7.23. The van der Waals surface area contributed by atoms with Crippen LogP contribution in [-0.4, -0.2) is 47.7 Å². The van der Waals surface area contributed by atoms with Gasteiger partial charge in [-0.25, -0.2) is 9.97 Å². The predicted octanol–water partition coefficient (Wildman–Crippen LogP) is 2.55. The first-order valence-corrected chi connectivity index (χ1v) is 8.71. The molecular formula is C17H27ClN4O2. The zero-order valence-electron chi connectivity index (χ0n) is 15.1. The number of nitrogens with zero attached hydrogens (tertiary/aromatic N) is 3. The first kappa shape index (κ1) is 18.9. The minimum absolute atomic E-state index is 0.0250. The summed E-state index contributed by atoms with van der Waals surface area (Å²) in [6, 6.07) is 1.78. The van der Waals surface area contributed by atoms with Crippen molar-refractivity contribution in [1.29, 1.82) is 0 Å². The lowest BCUT2D eigenvalue weighted by molar-refractivity contribution is -0.122. The molecule has 0 radical (unpaired) electrons. The van der Waals surface area contributed by atoms with Gasteiger partial charge in [-0.3, -0.25) is 4.79 Å². The second-order valence-corrected chi connectivity index (χ2v) is 7.86. The summed E-state index contributed by atoms with van der Waals surface area (Å²) in [5, 5.41) is 3.35. The third-order valence-corrected chi connectivity index (χ3v) is 4.19. The SMILES string of the molecule is CCC(=O)NCC1(C)CN(c2cc(Cl)nc(C(C)(C)C)n2)CCO1. The molecule has 24 heavy (non-hydrogen) atoms. The van der Waals surface area contributed by atoms with E-state index in [2.05, 4.69) is 36.0 Å². The minimum atomic E-state index is -0.456. The fraction of sp³-hybridized carbons (Fsp3) is 0.706. The molecule has 1 unspecified atom stereocenters. The van der Waals surface area contributed by atoms with Gasteiger partial charge in [0.2, 0.25) is 5.91 Å². The number of aromatic nitrogens is 2. The van der Waals surface area contributed by atoms with E-state index < -0.39 is 5.60 Å². The Balaban J connectivity index is 2.17. The van der Waals surface area contributed by atoms with E-state index in [1.54, 1.807) is 6.07 Å². The summed E-state index contributed by atoms with van der Waals surface area (Å²) in [5.41, 5.74) is -0.632. The number of halogens is 1. The summed E-state index contributed by atoms with van der Waals surface area (Å²) >= 11 is 6.20. The van der Waals surface area contributed by atoms with Crippen molar-refractivity contribution in [3.8, 4) is 0 Å². The normalized spacial score (nSPS) is 21.7. The van der Waals surface area contributed by atoms with Crippen LogP contribution in [0.3, 0.4) is 0 Å². The molecule has 2 rings (SSSR count). The van der Waals surface area contributed by atoms with Gasteiger partial charge in [0.1, 0.15) is 22.4 Å². The molecule has 0 spiro atoms. The number of carbonyl (C=O) groups excluding carboxylic acids is 1. The maximum absolute atomic E-state index is 11.5. The Hall–Kier alpha value is -1.40. The molecule has 0 bridgehead atoms. The maximum atomic E-state index is 11.5. The molecule has 134 valence electrons. The largest absolute Gasteiger partial charge is 0.370 e. The third-order valence-electron chi connectivity index (χ3n) is 3.99. The Labute approximate surface area is 148 Å². The summed E-state index contributed by atoms with van der Waals surface area (Å²) in [5.74, 6) is 1.55. The molecular weight excluding hydrogens is 328 g/mol. The van der Waals surface area contributed by atoms with Gasteiger partial charge in [-0.15, -0.1) is 0 Å². The quantitative estimate of drug-likeness (QED) is 0.841. The van der Waals surface area contributed by atoms with Gasteiger partial charge in [0, 0.05) is 37.5 Å². The average molecular weight is 355 g/mol. The van der Waals surface area contributed by atoms with Crippen LogP contribution in [0.5, 0.6) is 0 Å². The van der Waals surface area contributed by atoms with Crippen LogP contribution in [-0.2, 0) is 14.9 Å². The van der Waals surface area contributed by atoms with Gasteiger partial charge in [0.15, 0.2) is 0 Å². The van der Waals surface area contributed by atoms with E-state index in [-0.39, 0.29) is 11.3 Å². The molecule has 1 saturated heterocycles. The number of ether oxygens (including phenoxy) is 1. The lowest BCUT2D eigenvalue weighted by Crippen LogP contribution is -2.56. The second-order valence-electron chi connectivity index (χ2n) is 7.47. The van der Waals surface area contributed by atoms with Crippen LogP contribution in [0.15, 0.2) is 6.07 Å². The Kier molecular flexibility index (Phi) is 5.71. The van der Waals surface area contributed by atoms with Gasteiger partial charge in [-0.05, 0) is 6.92 Å². The first-order valence-electron chi connectivity index (χ1n) is 8.34. The lowest BCUT2D eigenvalue weighted by Gasteiger charge is -2.41. The smallest absolute Gasteiger partial charge is 0.219 e. The van der Waals surface area contributed by atoms with Gasteiger partial charge in [0.05, 0.1) is 6.61 Å². The van der Waals surface area contributed by atoms with E-state index in [0.29, 0.717) is 31.3 Å². The molecule has 1 aromatic heterocycles. The number of carbonyl (C=O) groups is 1. The van der Waals surface area contributed by atoms with Crippen molar-refractivity contribution in [1.82, 2.24) is 15.3 Å². The lowest BCUT2D eigenvalue weighted by atomic mass is 9.96. The van der Waals surface area contributed by atoms with E-state index in [9.17, 15) is 4.79 Å². The number of morpholine rings is 1. The highest BCUT2D eigenvalue weighted by Gasteiger charge is 2.33. The van der Waals surface area contributed by atoms with E-state index in [1.807, 2.05) is 13.8 Å². The molecule has 1 amide bonds. The molecule has 0 saturated carbocycles. The molecule has 1 atom stereocenters. The van der Waals surface area contributed by atoms with Gasteiger partial charge in [-0.1, -0.05) is 39.3 Å². The number of hydrogen-bond acceptors (Lipinski definition) is 5. The topological polar surface area (TPSA) is 67.4 Å². The molecule has 1 fully saturated rings. The van der Waals surface area contributed by atoms with E-state index in [1.165, 1.54) is 0 Å². The van der Waals surface area contributed by atoms with Crippen LogP contribution in [0.1, 0.15) is 46.9 Å². The van der Waals surface area contributed by atoms with Crippen molar-refractivity contribution >= 4 is 23.3 Å². The van der Waals surface area contributed by atoms with E-state index in [4.69, 9.17) is 21.3 Å². The van der Waals surface area contributed by atoms with Gasteiger partial charge < -0.3 is 15.0 Å². The Bertz CT molecular complexity index is 603. The molecule has 7 heteroatoms. The highest BCUT2D eigenvalue weighted by atomic mass is 35.5. The van der Waals surface area contributed by atoms with Gasteiger partial charge >= 0.3 is 0 Å². The molecule has 1 aliphatic heterocycles. The summed E-state index contributed by atoms with van der Waals surface area (Å²) in [6.45, 7) is 12.4. The van der Waals surface area contributed by atoms with Gasteiger partial charge in [-0.2, -0.15) is 0 Å². The molecule has 0 aromatic carbocycles. The average Bonchev–Trinajstić information content (AvgIpc) is 2.51. The molecule has 1 aliphatic rings. The Morgan fingerprint density at radius 2 is 2.17 bits per heavy atom. The van der Waals surface area contributed by atoms with Crippen LogP contribution in [0, 0.1) is 0 Å². The zero-order valence-corrected chi connectivity index (χ0v) is 15.9. The highest BCUT2D eigenvalue weighted by molar-refractivity contribution is 6.29. The summed E-state index contributed by atoms with van der Waals surface area (Å²) in [6.07, 6.45) is 0.469. The fourth-order valence-electron chi connectivity index (χ4n) is 2.55. The fourth-order valence-corrected chi connectivity index (χ4v) is 2.72. The first-order chi connectivity index (χ1) is 11.1. The number of nitrogens with one attached hydrogen (secondary N) is 1. The zero-order chi connectivity index (χ0) is 18.0. The van der Waals surface area contributed by atoms with Crippen LogP contribution in [0.4, 0.5) is 5.82 Å². The van der Waals surface area contributed by atoms with Crippen molar-refractivity contribution in [3.05, 3.63) is 17.0 Å². The minimum Gasteiger partial charge on any atom is -0.370 e. The van der Waals surface area contributed by atoms with Crippen molar-refractivity contribution in [2.24, 2.45) is 0 Å². The maximum Gasteiger partial charge on any atom is 0.219 e. The molecule has 1 N–H and O–H groups in total. The Morgan fingerprint density at radius 3 is 2.79 bits per heavy atom. The summed E-state index contributed by atoms with van der Waals surface area (Å²) in [4.78, 5) is 22.7. The monoisotopic (exact) mass is 354 g/mol. The van der Waals surface area contributed by atoms with Crippen LogP contribution >= 0.6 is 11.6 Å². The van der Waals surface area contributed by atoms with Gasteiger partial charge in [0.25, 0.3) is 0 Å². The van der Waals surface area contributed by atoms with Crippen molar-refractivity contribution in [3.63, 3.8) is 0 Å². The standard InChI is InChI=1S/C17H27ClN4O2/c1-6-14(23)19-10-17(5)11-22(7-8-24-17)13-9-12(18)20-15(21-13)16(2,3)4/h9H,6-8,10-11H2,1-5H3,(H,19,23). The molecule has 6 nitrogen and oxygen atoms in total. The van der Waals surface area contributed by atoms with Crippen molar-refractivity contribution in [2.75, 3.05) is 31.1 Å².